The van der Waals surface area contributed by atoms with E-state index in [0.717, 1.165) is 50.6 Å². The number of fused-ring (bicyclic) bond motifs is 1. The number of hydrogen-bond donors (Lipinski definition) is 0. The first-order valence-electron chi connectivity index (χ1n) is 11.4. The van der Waals surface area contributed by atoms with E-state index in [1.54, 1.807) is 0 Å². The average Bonchev–Trinajstić information content (AvgIpc) is 3.26. The van der Waals surface area contributed by atoms with E-state index >= 15 is 0 Å². The predicted octanol–water partition coefficient (Wildman–Crippen LogP) is 8.21. The maximum absolute atomic E-state index is 13.7. The van der Waals surface area contributed by atoms with E-state index in [2.05, 4.69) is 37.9 Å². The molecule has 36 heavy (non-hydrogen) atoms. The smallest absolute Gasteiger partial charge is 0.267 e. The van der Waals surface area contributed by atoms with Gasteiger partial charge in [-0.3, -0.25) is 14.9 Å². The Morgan fingerprint density at radius 1 is 1.06 bits per heavy atom. The highest BCUT2D eigenvalue weighted by molar-refractivity contribution is 9.10. The number of nitro benzene ring substituents is 1. The molecule has 0 unspecified atom stereocenters. The van der Waals surface area contributed by atoms with Crippen molar-refractivity contribution in [2.45, 2.75) is 25.3 Å². The van der Waals surface area contributed by atoms with Gasteiger partial charge in [0.2, 0.25) is 0 Å². The summed E-state index contributed by atoms with van der Waals surface area (Å²) in [5.74, 6) is -0.375. The normalized spacial score (nSPS) is 20.2. The van der Waals surface area contributed by atoms with Crippen LogP contribution in [0, 0.1) is 16.0 Å². The first-order chi connectivity index (χ1) is 17.3. The van der Waals surface area contributed by atoms with Crippen molar-refractivity contribution in [2.24, 2.45) is 11.0 Å². The highest BCUT2D eigenvalue weighted by Crippen LogP contribution is 2.45. The Morgan fingerprint density at radius 3 is 2.39 bits per heavy atom. The Hall–Kier alpha value is -2.81. The molecule has 182 valence electrons. The fourth-order valence-electron chi connectivity index (χ4n) is 4.84. The Labute approximate surface area is 230 Å². The largest absolute Gasteiger partial charge is 0.288 e. The topological polar surface area (TPSA) is 75.8 Å². The van der Waals surface area contributed by atoms with Gasteiger partial charge in [-0.25, -0.2) is 5.01 Å². The van der Waals surface area contributed by atoms with Crippen LogP contribution in [0.15, 0.2) is 86.3 Å². The van der Waals surface area contributed by atoms with Crippen molar-refractivity contribution in [1.29, 1.82) is 0 Å². The number of carbonyl (C=O) groups is 1. The molecular weight excluding hydrogens is 610 g/mol. The lowest BCUT2D eigenvalue weighted by Crippen LogP contribution is -2.32. The van der Waals surface area contributed by atoms with Crippen molar-refractivity contribution in [1.82, 2.24) is 5.01 Å². The van der Waals surface area contributed by atoms with Crippen molar-refractivity contribution in [3.8, 4) is 0 Å². The Morgan fingerprint density at radius 2 is 1.72 bits per heavy atom. The molecule has 6 nitrogen and oxygen atoms in total. The molecule has 2 aliphatic rings. The molecule has 1 aliphatic heterocycles. The van der Waals surface area contributed by atoms with Gasteiger partial charge < -0.3 is 0 Å². The fraction of sp³-hybridized carbons (Fsp3) is 0.185. The van der Waals surface area contributed by atoms with Crippen LogP contribution in [0.4, 0.5) is 5.69 Å². The molecule has 1 heterocycles. The Bertz CT molecular complexity index is 1400. The highest BCUT2D eigenvalue weighted by Gasteiger charge is 2.44. The molecule has 5 rings (SSSR count). The highest BCUT2D eigenvalue weighted by atomic mass is 79.9. The van der Waals surface area contributed by atoms with Crippen LogP contribution in [-0.2, 0) is 0 Å². The molecule has 3 aromatic rings. The first-order valence-corrected chi connectivity index (χ1v) is 13.4. The van der Waals surface area contributed by atoms with Gasteiger partial charge in [0, 0.05) is 26.5 Å². The molecular formula is C27H20Br2ClN3O3. The third kappa shape index (κ3) is 4.90. The number of hydrazone groups is 1. The fourth-order valence-corrected chi connectivity index (χ4v) is 5.55. The monoisotopic (exact) mass is 627 g/mol. The minimum atomic E-state index is -0.583. The van der Waals surface area contributed by atoms with Gasteiger partial charge in [0.15, 0.2) is 0 Å². The molecule has 0 saturated heterocycles. The van der Waals surface area contributed by atoms with Crippen molar-refractivity contribution < 1.29 is 9.72 Å². The van der Waals surface area contributed by atoms with Crippen LogP contribution in [0.1, 0.15) is 46.8 Å². The van der Waals surface area contributed by atoms with E-state index in [0.29, 0.717) is 0 Å². The standard InChI is InChI=1S/C27H20Br2ClN3O3/c28-20-9-4-16(5-10-20)14-18-2-1-3-22-25(18)31-32(26(22)17-6-11-21(29)12-7-17)27(34)19-8-13-23(30)24(15-19)33(35)36/h4-15,22,26H,1-3H2/b18-14+/t22-,26+/m0/s1. The minimum absolute atomic E-state index is 0.0119. The van der Waals surface area contributed by atoms with Crippen LogP contribution in [0.3, 0.4) is 0 Å². The van der Waals surface area contributed by atoms with Crippen LogP contribution in [0.5, 0.6) is 0 Å². The van der Waals surface area contributed by atoms with Crippen molar-refractivity contribution in [2.75, 3.05) is 0 Å². The van der Waals surface area contributed by atoms with Crippen LogP contribution in [0.2, 0.25) is 5.02 Å². The molecule has 1 amide bonds. The summed E-state index contributed by atoms with van der Waals surface area (Å²) in [5, 5.41) is 17.8. The molecule has 1 saturated carbocycles. The number of rotatable bonds is 4. The summed E-state index contributed by atoms with van der Waals surface area (Å²) in [6, 6.07) is 19.8. The van der Waals surface area contributed by atoms with E-state index < -0.39 is 10.8 Å². The summed E-state index contributed by atoms with van der Waals surface area (Å²) in [7, 11) is 0. The second kappa shape index (κ2) is 10.3. The zero-order chi connectivity index (χ0) is 25.4. The first kappa shape index (κ1) is 24.9. The average molecular weight is 630 g/mol. The lowest BCUT2D eigenvalue weighted by atomic mass is 9.77. The van der Waals surface area contributed by atoms with Crippen LogP contribution >= 0.6 is 43.5 Å². The third-order valence-corrected chi connectivity index (χ3v) is 7.90. The molecule has 2 atom stereocenters. The summed E-state index contributed by atoms with van der Waals surface area (Å²) in [6.07, 6.45) is 4.87. The van der Waals surface area contributed by atoms with Crippen molar-refractivity contribution in [3.05, 3.63) is 113 Å². The van der Waals surface area contributed by atoms with Gasteiger partial charge in [-0.05, 0) is 78.4 Å². The molecule has 0 spiro atoms. The summed E-state index contributed by atoms with van der Waals surface area (Å²) in [4.78, 5) is 24.6. The maximum atomic E-state index is 13.7. The number of carbonyl (C=O) groups excluding carboxylic acids is 1. The number of amides is 1. The lowest BCUT2D eigenvalue weighted by molar-refractivity contribution is -0.384. The zero-order valence-electron chi connectivity index (χ0n) is 18.9. The van der Waals surface area contributed by atoms with E-state index in [1.807, 2.05) is 48.5 Å². The lowest BCUT2D eigenvalue weighted by Gasteiger charge is -2.29. The summed E-state index contributed by atoms with van der Waals surface area (Å²) >= 11 is 13.0. The molecule has 9 heteroatoms. The van der Waals surface area contributed by atoms with Gasteiger partial charge in [-0.15, -0.1) is 0 Å². The summed E-state index contributed by atoms with van der Waals surface area (Å²) in [6.45, 7) is 0. The molecule has 1 aliphatic carbocycles. The van der Waals surface area contributed by atoms with Crippen LogP contribution in [0.25, 0.3) is 6.08 Å². The van der Waals surface area contributed by atoms with E-state index in [9.17, 15) is 14.9 Å². The molecule has 0 aromatic heterocycles. The SMILES string of the molecule is O=C(c1ccc(Cl)c([N+](=O)[O-])c1)N1N=C2/C(=C/c3ccc(Br)cc3)CCC[C@@H]2[C@H]1c1ccc(Br)cc1. The van der Waals surface area contributed by atoms with Gasteiger partial charge in [-0.2, -0.15) is 5.10 Å². The van der Waals surface area contributed by atoms with Crippen LogP contribution < -0.4 is 0 Å². The second-order valence-corrected chi connectivity index (χ2v) is 11.0. The number of nitrogens with zero attached hydrogens (tertiary/aromatic N) is 3. The molecule has 0 radical (unpaired) electrons. The number of halogens is 3. The van der Waals surface area contributed by atoms with Crippen molar-refractivity contribution >= 4 is 66.8 Å². The van der Waals surface area contributed by atoms with Gasteiger partial charge in [0.05, 0.1) is 16.7 Å². The summed E-state index contributed by atoms with van der Waals surface area (Å²) < 4.78 is 1.95. The second-order valence-electron chi connectivity index (χ2n) is 8.77. The number of hydrogen-bond acceptors (Lipinski definition) is 4. The van der Waals surface area contributed by atoms with Gasteiger partial charge in [0.25, 0.3) is 11.6 Å². The van der Waals surface area contributed by atoms with E-state index in [-0.39, 0.29) is 28.2 Å². The predicted molar refractivity (Wildman–Crippen MR) is 148 cm³/mol. The molecule has 0 N–H and O–H groups in total. The quantitative estimate of drug-likeness (QED) is 0.216. The van der Waals surface area contributed by atoms with Gasteiger partial charge >= 0.3 is 0 Å². The minimum Gasteiger partial charge on any atom is -0.267 e. The number of nitro groups is 1. The van der Waals surface area contributed by atoms with Gasteiger partial charge in [0.1, 0.15) is 5.02 Å². The third-order valence-electron chi connectivity index (χ3n) is 6.52. The molecule has 1 fully saturated rings. The van der Waals surface area contributed by atoms with Crippen molar-refractivity contribution in [3.63, 3.8) is 0 Å². The van der Waals surface area contributed by atoms with E-state index in [4.69, 9.17) is 16.7 Å². The summed E-state index contributed by atoms with van der Waals surface area (Å²) in [5.41, 5.74) is 3.90. The maximum Gasteiger partial charge on any atom is 0.288 e. The molecule has 0 bridgehead atoms. The number of benzene rings is 3. The molecule has 3 aromatic carbocycles. The number of allylic oxidation sites excluding steroid dienone is 1. The van der Waals surface area contributed by atoms with Gasteiger partial charge in [-0.1, -0.05) is 67.7 Å². The van der Waals surface area contributed by atoms with E-state index in [1.165, 1.54) is 23.2 Å². The van der Waals surface area contributed by atoms with Crippen LogP contribution in [-0.4, -0.2) is 21.6 Å². The Kier molecular flexibility index (Phi) is 7.10. The zero-order valence-corrected chi connectivity index (χ0v) is 22.8. The Balaban J connectivity index is 1.59.